The second-order valence-corrected chi connectivity index (χ2v) is 10.4. The van der Waals surface area contributed by atoms with Crippen LogP contribution in [-0.2, 0) is 4.79 Å². The van der Waals surface area contributed by atoms with Crippen LogP contribution >= 0.6 is 0 Å². The summed E-state index contributed by atoms with van der Waals surface area (Å²) >= 11 is 0. The van der Waals surface area contributed by atoms with Crippen molar-refractivity contribution in [2.45, 2.75) is 32.1 Å². The van der Waals surface area contributed by atoms with E-state index < -0.39 is 11.7 Å². The molecule has 8 nitrogen and oxygen atoms in total. The predicted octanol–water partition coefficient (Wildman–Crippen LogP) is 3.35. The third-order valence-electron chi connectivity index (χ3n) is 7.87. The zero-order chi connectivity index (χ0) is 26.5. The van der Waals surface area contributed by atoms with Crippen LogP contribution < -0.4 is 15.5 Å². The number of anilines is 2. The van der Waals surface area contributed by atoms with E-state index >= 15 is 0 Å². The van der Waals surface area contributed by atoms with Crippen LogP contribution in [-0.4, -0.2) is 79.9 Å². The second kappa shape index (κ2) is 11.9. The minimum absolute atomic E-state index is 0.0813. The molecule has 3 aliphatic rings. The Balaban J connectivity index is 1.35. The summed E-state index contributed by atoms with van der Waals surface area (Å²) in [4.78, 5) is 45.2. The third-order valence-corrected chi connectivity index (χ3v) is 7.87. The van der Waals surface area contributed by atoms with Gasteiger partial charge in [0, 0.05) is 69.4 Å². The average molecular weight is 522 g/mol. The van der Waals surface area contributed by atoms with Crippen LogP contribution in [0.4, 0.5) is 15.8 Å². The molecule has 0 spiro atoms. The van der Waals surface area contributed by atoms with Crippen LogP contribution in [0, 0.1) is 11.7 Å². The molecule has 5 rings (SSSR count). The van der Waals surface area contributed by atoms with E-state index in [0.717, 1.165) is 44.5 Å². The Labute approximate surface area is 223 Å². The normalized spacial score (nSPS) is 18.8. The van der Waals surface area contributed by atoms with Gasteiger partial charge < -0.3 is 25.3 Å². The van der Waals surface area contributed by atoms with Crippen molar-refractivity contribution in [3.63, 3.8) is 0 Å². The fourth-order valence-electron chi connectivity index (χ4n) is 5.70. The molecule has 2 heterocycles. The first-order valence-corrected chi connectivity index (χ1v) is 13.7. The van der Waals surface area contributed by atoms with Crippen molar-refractivity contribution in [1.82, 2.24) is 15.1 Å². The largest absolute Gasteiger partial charge is 0.366 e. The van der Waals surface area contributed by atoms with Crippen LogP contribution in [0.2, 0.25) is 0 Å². The Kier molecular flexibility index (Phi) is 8.22. The highest BCUT2D eigenvalue weighted by Crippen LogP contribution is 2.31. The van der Waals surface area contributed by atoms with Crippen molar-refractivity contribution in [2.75, 3.05) is 62.6 Å². The molecule has 1 saturated carbocycles. The van der Waals surface area contributed by atoms with Crippen LogP contribution in [0.25, 0.3) is 0 Å². The number of piperazine rings is 2. The molecule has 0 aromatic heterocycles. The van der Waals surface area contributed by atoms with Crippen molar-refractivity contribution in [3.8, 4) is 0 Å². The Morgan fingerprint density at radius 2 is 1.55 bits per heavy atom. The van der Waals surface area contributed by atoms with E-state index in [9.17, 15) is 18.8 Å². The highest BCUT2D eigenvalue weighted by Gasteiger charge is 2.29. The lowest BCUT2D eigenvalue weighted by atomic mass is 9.88. The summed E-state index contributed by atoms with van der Waals surface area (Å²) in [6.45, 7) is 5.25. The monoisotopic (exact) mass is 521 g/mol. The van der Waals surface area contributed by atoms with Gasteiger partial charge in [-0.15, -0.1) is 0 Å². The number of amides is 3. The first kappa shape index (κ1) is 26.2. The number of carbonyl (C=O) groups excluding carboxylic acids is 3. The fraction of sp³-hybridized carbons (Fsp3) is 0.483. The van der Waals surface area contributed by atoms with E-state index in [4.69, 9.17) is 0 Å². The molecule has 2 aromatic carbocycles. The van der Waals surface area contributed by atoms with Gasteiger partial charge in [-0.25, -0.2) is 4.39 Å². The van der Waals surface area contributed by atoms with Gasteiger partial charge in [-0.3, -0.25) is 14.4 Å². The molecule has 38 heavy (non-hydrogen) atoms. The predicted molar refractivity (Wildman–Crippen MR) is 145 cm³/mol. The smallest absolute Gasteiger partial charge is 0.255 e. The Hall–Kier alpha value is -3.46. The van der Waals surface area contributed by atoms with Gasteiger partial charge in [0.05, 0.1) is 11.4 Å². The zero-order valence-corrected chi connectivity index (χ0v) is 21.8. The van der Waals surface area contributed by atoms with E-state index in [-0.39, 0.29) is 23.3 Å². The lowest BCUT2D eigenvalue weighted by molar-refractivity contribution is -0.136. The number of carbonyl (C=O) groups is 3. The molecule has 3 amide bonds. The maximum atomic E-state index is 13.8. The third kappa shape index (κ3) is 5.99. The number of benzene rings is 2. The lowest BCUT2D eigenvalue weighted by Gasteiger charge is -2.39. The van der Waals surface area contributed by atoms with Crippen LogP contribution in [0.5, 0.6) is 0 Å². The first-order chi connectivity index (χ1) is 18.5. The summed E-state index contributed by atoms with van der Waals surface area (Å²) in [7, 11) is 0. The number of nitrogens with zero attached hydrogens (tertiary/aromatic N) is 3. The van der Waals surface area contributed by atoms with Crippen molar-refractivity contribution in [1.29, 1.82) is 0 Å². The number of hydrogen-bond acceptors (Lipinski definition) is 5. The zero-order valence-electron chi connectivity index (χ0n) is 21.8. The molecule has 9 heteroatoms. The van der Waals surface area contributed by atoms with Gasteiger partial charge in [-0.1, -0.05) is 25.3 Å². The molecular formula is C29H36FN5O3. The second-order valence-electron chi connectivity index (χ2n) is 10.4. The van der Waals surface area contributed by atoms with E-state index in [1.54, 1.807) is 23.1 Å². The minimum Gasteiger partial charge on any atom is -0.366 e. The summed E-state index contributed by atoms with van der Waals surface area (Å²) in [5.41, 5.74) is 2.00. The highest BCUT2D eigenvalue weighted by molar-refractivity contribution is 6.07. The van der Waals surface area contributed by atoms with Gasteiger partial charge in [0.1, 0.15) is 5.82 Å². The number of halogens is 1. The molecule has 2 N–H and O–H groups in total. The average Bonchev–Trinajstić information content (AvgIpc) is 2.97. The van der Waals surface area contributed by atoms with Gasteiger partial charge in [0.15, 0.2) is 0 Å². The molecule has 202 valence electrons. The maximum Gasteiger partial charge on any atom is 0.255 e. The SMILES string of the molecule is O=C(Nc1cc(C(=O)N2CCNCC2)ccc1N1CCN(C(=O)C2CCCCC2)CC1)c1cccc(F)c1. The number of nitrogens with one attached hydrogen (secondary N) is 2. The summed E-state index contributed by atoms with van der Waals surface area (Å²) in [5, 5.41) is 6.17. The summed E-state index contributed by atoms with van der Waals surface area (Å²) < 4.78 is 13.8. The van der Waals surface area contributed by atoms with Crippen molar-refractivity contribution in [3.05, 3.63) is 59.4 Å². The lowest BCUT2D eigenvalue weighted by Crippen LogP contribution is -2.50. The molecule has 0 bridgehead atoms. The molecule has 2 aliphatic heterocycles. The molecule has 2 saturated heterocycles. The number of hydrogen-bond donors (Lipinski definition) is 2. The maximum absolute atomic E-state index is 13.8. The quantitative estimate of drug-likeness (QED) is 0.631. The molecule has 1 aliphatic carbocycles. The molecule has 0 unspecified atom stereocenters. The summed E-state index contributed by atoms with van der Waals surface area (Å²) in [6.07, 6.45) is 5.44. The molecule has 2 aromatic rings. The topological polar surface area (TPSA) is 85.0 Å². The molecule has 0 radical (unpaired) electrons. The van der Waals surface area contributed by atoms with E-state index in [1.165, 1.54) is 24.6 Å². The van der Waals surface area contributed by atoms with Crippen LogP contribution in [0.3, 0.4) is 0 Å². The van der Waals surface area contributed by atoms with Gasteiger partial charge in [-0.05, 0) is 49.2 Å². The van der Waals surface area contributed by atoms with Crippen molar-refractivity contribution < 1.29 is 18.8 Å². The van der Waals surface area contributed by atoms with Gasteiger partial charge in [0.2, 0.25) is 5.91 Å². The van der Waals surface area contributed by atoms with Crippen LogP contribution in [0.15, 0.2) is 42.5 Å². The van der Waals surface area contributed by atoms with Gasteiger partial charge in [-0.2, -0.15) is 0 Å². The Morgan fingerprint density at radius 3 is 2.26 bits per heavy atom. The summed E-state index contributed by atoms with van der Waals surface area (Å²) in [6, 6.07) is 10.9. The molecular weight excluding hydrogens is 485 g/mol. The van der Waals surface area contributed by atoms with E-state index in [0.29, 0.717) is 50.5 Å². The van der Waals surface area contributed by atoms with Gasteiger partial charge >= 0.3 is 0 Å². The highest BCUT2D eigenvalue weighted by atomic mass is 19.1. The first-order valence-electron chi connectivity index (χ1n) is 13.7. The number of rotatable bonds is 5. The fourth-order valence-corrected chi connectivity index (χ4v) is 5.70. The van der Waals surface area contributed by atoms with E-state index in [2.05, 4.69) is 15.5 Å². The van der Waals surface area contributed by atoms with Crippen molar-refractivity contribution >= 4 is 29.1 Å². The minimum atomic E-state index is -0.487. The van der Waals surface area contributed by atoms with E-state index in [1.807, 2.05) is 11.0 Å². The molecule has 0 atom stereocenters. The van der Waals surface area contributed by atoms with Crippen molar-refractivity contribution in [2.24, 2.45) is 5.92 Å². The van der Waals surface area contributed by atoms with Gasteiger partial charge in [0.25, 0.3) is 11.8 Å². The standard InChI is InChI=1S/C29H36FN5O3/c30-24-8-4-7-22(19-24)27(36)32-25-20-23(29(38)34-13-11-31-12-14-34)9-10-26(25)33-15-17-35(18-16-33)28(37)21-5-2-1-3-6-21/h4,7-10,19-21,31H,1-3,5-6,11-18H2,(H,32,36). The van der Waals surface area contributed by atoms with Crippen LogP contribution in [0.1, 0.15) is 52.8 Å². The Morgan fingerprint density at radius 1 is 0.816 bits per heavy atom. The summed E-state index contributed by atoms with van der Waals surface area (Å²) in [5.74, 6) is -0.599. The Bertz CT molecular complexity index is 1170. The molecule has 3 fully saturated rings.